The highest BCUT2D eigenvalue weighted by molar-refractivity contribution is 5.98. The summed E-state index contributed by atoms with van der Waals surface area (Å²) < 4.78 is 47.9. The normalized spacial score (nSPS) is 11.0. The quantitative estimate of drug-likeness (QED) is 0.590. The number of hydrogen-bond donors (Lipinski definition) is 2. The molecule has 0 heterocycles. The summed E-state index contributed by atoms with van der Waals surface area (Å²) in [6.07, 6.45) is -4.58. The van der Waals surface area contributed by atoms with Crippen molar-refractivity contribution in [3.05, 3.63) is 53.6 Å². The van der Waals surface area contributed by atoms with Crippen LogP contribution in [0.25, 0.3) is 0 Å². The summed E-state index contributed by atoms with van der Waals surface area (Å²) in [5.41, 5.74) is 4.32. The molecule has 9 heteroatoms. The SMILES string of the molecule is CCOc1ccc(NC(=O)COC(=O)c2ccc(C(F)(F)F)cc2N)cc1. The van der Waals surface area contributed by atoms with Gasteiger partial charge in [0.2, 0.25) is 0 Å². The van der Waals surface area contributed by atoms with Crippen molar-refractivity contribution in [1.82, 2.24) is 0 Å². The van der Waals surface area contributed by atoms with Gasteiger partial charge in [0.1, 0.15) is 5.75 Å². The van der Waals surface area contributed by atoms with Crippen molar-refractivity contribution in [2.45, 2.75) is 13.1 Å². The highest BCUT2D eigenvalue weighted by Crippen LogP contribution is 2.31. The number of hydrogen-bond acceptors (Lipinski definition) is 5. The van der Waals surface area contributed by atoms with Crippen molar-refractivity contribution in [2.24, 2.45) is 0 Å². The van der Waals surface area contributed by atoms with Gasteiger partial charge in [-0.15, -0.1) is 0 Å². The minimum absolute atomic E-state index is 0.253. The van der Waals surface area contributed by atoms with Crippen LogP contribution < -0.4 is 15.8 Å². The molecule has 144 valence electrons. The number of halogens is 3. The fourth-order valence-electron chi connectivity index (χ4n) is 2.13. The van der Waals surface area contributed by atoms with E-state index in [1.165, 1.54) is 0 Å². The van der Waals surface area contributed by atoms with Crippen molar-refractivity contribution in [2.75, 3.05) is 24.3 Å². The highest BCUT2D eigenvalue weighted by Gasteiger charge is 2.31. The molecule has 2 aromatic carbocycles. The van der Waals surface area contributed by atoms with Crippen LogP contribution >= 0.6 is 0 Å². The standard InChI is InChI=1S/C18H17F3N2O4/c1-2-26-13-6-4-12(5-7-13)23-16(24)10-27-17(25)14-8-3-11(9-15(14)22)18(19,20)21/h3-9H,2,10,22H2,1H3,(H,23,24). The van der Waals surface area contributed by atoms with E-state index in [9.17, 15) is 22.8 Å². The van der Waals surface area contributed by atoms with E-state index in [2.05, 4.69) is 5.32 Å². The molecule has 2 rings (SSSR count). The van der Waals surface area contributed by atoms with E-state index in [4.69, 9.17) is 15.2 Å². The van der Waals surface area contributed by atoms with Crippen LogP contribution in [0.4, 0.5) is 24.5 Å². The molecule has 27 heavy (non-hydrogen) atoms. The summed E-state index contributed by atoms with van der Waals surface area (Å²) in [5.74, 6) is -0.972. The van der Waals surface area contributed by atoms with E-state index >= 15 is 0 Å². The average Bonchev–Trinajstić information content (AvgIpc) is 2.61. The van der Waals surface area contributed by atoms with Gasteiger partial charge in [-0.2, -0.15) is 13.2 Å². The van der Waals surface area contributed by atoms with Crippen molar-refractivity contribution < 1.29 is 32.2 Å². The molecule has 0 spiro atoms. The van der Waals surface area contributed by atoms with Gasteiger partial charge in [-0.1, -0.05) is 0 Å². The molecular formula is C18H17F3N2O4. The van der Waals surface area contributed by atoms with Gasteiger partial charge in [-0.05, 0) is 49.4 Å². The van der Waals surface area contributed by atoms with E-state index in [-0.39, 0.29) is 11.3 Å². The summed E-state index contributed by atoms with van der Waals surface area (Å²) >= 11 is 0. The number of nitrogens with two attached hydrogens (primary N) is 1. The molecule has 0 radical (unpaired) electrons. The molecule has 0 unspecified atom stereocenters. The first-order valence-electron chi connectivity index (χ1n) is 7.87. The predicted molar refractivity (Wildman–Crippen MR) is 92.4 cm³/mol. The van der Waals surface area contributed by atoms with Crippen LogP contribution in [-0.2, 0) is 15.7 Å². The molecule has 6 nitrogen and oxygen atoms in total. The van der Waals surface area contributed by atoms with Crippen molar-refractivity contribution in [1.29, 1.82) is 0 Å². The molecule has 0 saturated carbocycles. The Morgan fingerprint density at radius 1 is 1.11 bits per heavy atom. The van der Waals surface area contributed by atoms with E-state index in [1.807, 2.05) is 6.92 Å². The fourth-order valence-corrected chi connectivity index (χ4v) is 2.13. The summed E-state index contributed by atoms with van der Waals surface area (Å²) in [6, 6.07) is 8.80. The molecule has 0 aliphatic carbocycles. The Hall–Kier alpha value is -3.23. The van der Waals surface area contributed by atoms with Crippen molar-refractivity contribution >= 4 is 23.3 Å². The molecule has 0 aliphatic rings. The molecule has 0 aromatic heterocycles. The molecule has 3 N–H and O–H groups in total. The van der Waals surface area contributed by atoms with Gasteiger partial charge >= 0.3 is 12.1 Å². The number of esters is 1. The Bertz CT molecular complexity index is 820. The first-order chi connectivity index (χ1) is 12.7. The first-order valence-corrected chi connectivity index (χ1v) is 7.87. The predicted octanol–water partition coefficient (Wildman–Crippen LogP) is 3.48. The second-order valence-electron chi connectivity index (χ2n) is 5.38. The zero-order valence-electron chi connectivity index (χ0n) is 14.3. The van der Waals surface area contributed by atoms with Gasteiger partial charge in [0, 0.05) is 11.4 Å². The highest BCUT2D eigenvalue weighted by atomic mass is 19.4. The lowest BCUT2D eigenvalue weighted by Gasteiger charge is -2.11. The topological polar surface area (TPSA) is 90.6 Å². The maximum absolute atomic E-state index is 12.6. The maximum Gasteiger partial charge on any atom is 0.416 e. The summed E-state index contributed by atoms with van der Waals surface area (Å²) in [5, 5.41) is 2.51. The molecule has 0 fully saturated rings. The summed E-state index contributed by atoms with van der Waals surface area (Å²) in [4.78, 5) is 23.7. The molecule has 0 bridgehead atoms. The average molecular weight is 382 g/mol. The summed E-state index contributed by atoms with van der Waals surface area (Å²) in [6.45, 7) is 1.73. The second kappa shape index (κ2) is 8.43. The Kier molecular flexibility index (Phi) is 6.27. The fraction of sp³-hybridized carbons (Fsp3) is 0.222. The number of rotatable bonds is 6. The van der Waals surface area contributed by atoms with Crippen LogP contribution in [0.1, 0.15) is 22.8 Å². The largest absolute Gasteiger partial charge is 0.494 e. The number of alkyl halides is 3. The van der Waals surface area contributed by atoms with Crippen LogP contribution in [0, 0.1) is 0 Å². The van der Waals surface area contributed by atoms with Crippen LogP contribution in [0.5, 0.6) is 5.75 Å². The van der Waals surface area contributed by atoms with Crippen LogP contribution in [0.3, 0.4) is 0 Å². The maximum atomic E-state index is 12.6. The van der Waals surface area contributed by atoms with E-state index < -0.39 is 30.2 Å². The van der Waals surface area contributed by atoms with E-state index in [1.54, 1.807) is 24.3 Å². The third-order valence-electron chi connectivity index (χ3n) is 3.38. The third-order valence-corrected chi connectivity index (χ3v) is 3.38. The van der Waals surface area contributed by atoms with Gasteiger partial charge in [0.15, 0.2) is 6.61 Å². The molecule has 0 aliphatic heterocycles. The molecule has 1 amide bonds. The number of carbonyl (C=O) groups excluding carboxylic acids is 2. The zero-order valence-corrected chi connectivity index (χ0v) is 14.3. The molecule has 0 saturated heterocycles. The van der Waals surface area contributed by atoms with Gasteiger partial charge in [-0.25, -0.2) is 4.79 Å². The van der Waals surface area contributed by atoms with Crippen LogP contribution in [0.2, 0.25) is 0 Å². The lowest BCUT2D eigenvalue weighted by Crippen LogP contribution is -2.21. The Labute approximate surface area is 153 Å². The van der Waals surface area contributed by atoms with Gasteiger partial charge in [0.05, 0.1) is 17.7 Å². The number of ether oxygens (including phenoxy) is 2. The Morgan fingerprint density at radius 2 is 1.78 bits per heavy atom. The molecule has 0 atom stereocenters. The number of carbonyl (C=O) groups is 2. The minimum atomic E-state index is -4.58. The van der Waals surface area contributed by atoms with Crippen molar-refractivity contribution in [3.8, 4) is 5.75 Å². The Morgan fingerprint density at radius 3 is 2.33 bits per heavy atom. The van der Waals surface area contributed by atoms with E-state index in [0.29, 0.717) is 30.2 Å². The number of benzene rings is 2. The first kappa shape index (κ1) is 20.1. The van der Waals surface area contributed by atoms with Gasteiger partial charge in [0.25, 0.3) is 5.91 Å². The molecule has 2 aromatic rings. The molecular weight excluding hydrogens is 365 g/mol. The monoisotopic (exact) mass is 382 g/mol. The number of anilines is 2. The number of amides is 1. The number of nitrogens with one attached hydrogen (secondary N) is 1. The Balaban J connectivity index is 1.92. The van der Waals surface area contributed by atoms with Gasteiger partial charge < -0.3 is 20.5 Å². The second-order valence-corrected chi connectivity index (χ2v) is 5.38. The van der Waals surface area contributed by atoms with Crippen LogP contribution in [0.15, 0.2) is 42.5 Å². The number of nitrogen functional groups attached to an aromatic ring is 1. The van der Waals surface area contributed by atoms with Gasteiger partial charge in [-0.3, -0.25) is 4.79 Å². The minimum Gasteiger partial charge on any atom is -0.494 e. The lowest BCUT2D eigenvalue weighted by atomic mass is 10.1. The summed E-state index contributed by atoms with van der Waals surface area (Å²) in [7, 11) is 0. The third kappa shape index (κ3) is 5.63. The van der Waals surface area contributed by atoms with E-state index in [0.717, 1.165) is 6.07 Å². The van der Waals surface area contributed by atoms with Crippen molar-refractivity contribution in [3.63, 3.8) is 0 Å². The lowest BCUT2D eigenvalue weighted by molar-refractivity contribution is -0.137. The van der Waals surface area contributed by atoms with Crippen LogP contribution in [-0.4, -0.2) is 25.1 Å². The smallest absolute Gasteiger partial charge is 0.416 e. The zero-order chi connectivity index (χ0) is 20.0.